The lowest BCUT2D eigenvalue weighted by Gasteiger charge is -2.30. The van der Waals surface area contributed by atoms with Gasteiger partial charge in [0.1, 0.15) is 22.9 Å². The van der Waals surface area contributed by atoms with Gasteiger partial charge in [-0.3, -0.25) is 4.79 Å². The van der Waals surface area contributed by atoms with Crippen LogP contribution < -0.4 is 15.4 Å². The molecule has 6 nitrogen and oxygen atoms in total. The van der Waals surface area contributed by atoms with Crippen LogP contribution in [-0.2, 0) is 0 Å². The Balaban J connectivity index is 1.18. The van der Waals surface area contributed by atoms with E-state index >= 15 is 0 Å². The van der Waals surface area contributed by atoms with E-state index in [2.05, 4.69) is 21.7 Å². The van der Waals surface area contributed by atoms with Crippen LogP contribution >= 0.6 is 11.6 Å². The number of para-hydroxylation sites is 1. The number of benzene rings is 2. The number of nitrogens with zero attached hydrogens (tertiary/aromatic N) is 2. The molecule has 8 heteroatoms. The third-order valence-corrected chi connectivity index (χ3v) is 6.42. The number of fused-ring (bicyclic) bond motifs is 1. The van der Waals surface area contributed by atoms with E-state index in [4.69, 9.17) is 21.3 Å². The Morgan fingerprint density at radius 1 is 0.971 bits per heavy atom. The van der Waals surface area contributed by atoms with Crippen LogP contribution in [0.25, 0.3) is 10.9 Å². The predicted molar refractivity (Wildman–Crippen MR) is 135 cm³/mol. The van der Waals surface area contributed by atoms with Gasteiger partial charge in [-0.05, 0) is 68.1 Å². The molecule has 0 aliphatic heterocycles. The van der Waals surface area contributed by atoms with E-state index in [9.17, 15) is 9.18 Å². The molecule has 2 aromatic heterocycles. The van der Waals surface area contributed by atoms with Crippen LogP contribution in [0.15, 0.2) is 72.9 Å². The lowest BCUT2D eigenvalue weighted by Crippen LogP contribution is -2.40. The van der Waals surface area contributed by atoms with E-state index in [1.165, 1.54) is 24.4 Å². The Morgan fingerprint density at radius 2 is 1.77 bits per heavy atom. The summed E-state index contributed by atoms with van der Waals surface area (Å²) in [5.74, 6) is 0.520. The first-order valence-electron chi connectivity index (χ1n) is 11.6. The van der Waals surface area contributed by atoms with Crippen molar-refractivity contribution in [3.8, 4) is 11.6 Å². The van der Waals surface area contributed by atoms with Gasteiger partial charge in [0, 0.05) is 29.7 Å². The molecule has 0 spiro atoms. The third-order valence-electron chi connectivity index (χ3n) is 6.13. The number of nitrogens with one attached hydrogen (secondary N) is 2. The summed E-state index contributed by atoms with van der Waals surface area (Å²) in [5, 5.41) is 7.69. The number of halogens is 2. The zero-order valence-corrected chi connectivity index (χ0v) is 19.6. The lowest BCUT2D eigenvalue weighted by molar-refractivity contribution is 0.0923. The predicted octanol–water partition coefficient (Wildman–Crippen LogP) is 6.37. The maximum absolute atomic E-state index is 13.4. The van der Waals surface area contributed by atoms with Crippen LogP contribution in [0, 0.1) is 5.82 Å². The molecule has 2 N–H and O–H groups in total. The van der Waals surface area contributed by atoms with Crippen LogP contribution in [0.2, 0.25) is 5.02 Å². The van der Waals surface area contributed by atoms with E-state index < -0.39 is 5.82 Å². The van der Waals surface area contributed by atoms with Crippen molar-refractivity contribution < 1.29 is 13.9 Å². The number of ether oxygens (including phenoxy) is 1. The van der Waals surface area contributed by atoms with E-state index in [0.29, 0.717) is 17.4 Å². The normalized spacial score (nSPS) is 17.7. The monoisotopic (exact) mass is 490 g/mol. The second-order valence-electron chi connectivity index (χ2n) is 8.59. The molecule has 0 atom stereocenters. The summed E-state index contributed by atoms with van der Waals surface area (Å²) in [7, 11) is 0. The van der Waals surface area contributed by atoms with Gasteiger partial charge in [-0.15, -0.1) is 0 Å². The molecule has 2 aromatic carbocycles. The molecule has 1 fully saturated rings. The second kappa shape index (κ2) is 10.3. The van der Waals surface area contributed by atoms with Crippen molar-refractivity contribution in [1.82, 2.24) is 15.3 Å². The van der Waals surface area contributed by atoms with Gasteiger partial charge >= 0.3 is 0 Å². The minimum absolute atomic E-state index is 0.0541. The number of hydrogen-bond donors (Lipinski definition) is 2. The van der Waals surface area contributed by atoms with Gasteiger partial charge in [0.25, 0.3) is 5.91 Å². The van der Waals surface area contributed by atoms with Crippen LogP contribution in [0.4, 0.5) is 10.2 Å². The minimum atomic E-state index is -0.542. The maximum atomic E-state index is 13.4. The molecule has 0 bridgehead atoms. The third kappa shape index (κ3) is 5.52. The van der Waals surface area contributed by atoms with Crippen LogP contribution in [-0.4, -0.2) is 28.0 Å². The van der Waals surface area contributed by atoms with Gasteiger partial charge < -0.3 is 15.4 Å². The van der Waals surface area contributed by atoms with Gasteiger partial charge in [0.15, 0.2) is 0 Å². The fraction of sp³-hybridized carbons (Fsp3) is 0.222. The molecule has 178 valence electrons. The van der Waals surface area contributed by atoms with E-state index in [0.717, 1.165) is 42.4 Å². The summed E-state index contributed by atoms with van der Waals surface area (Å²) in [6.45, 7) is 0. The fourth-order valence-corrected chi connectivity index (χ4v) is 4.47. The molecule has 1 aliphatic carbocycles. The van der Waals surface area contributed by atoms with Crippen LogP contribution in [0.5, 0.6) is 11.6 Å². The first-order valence-corrected chi connectivity index (χ1v) is 11.9. The number of carbonyl (C=O) groups is 1. The highest BCUT2D eigenvalue weighted by Gasteiger charge is 2.24. The van der Waals surface area contributed by atoms with Crippen molar-refractivity contribution in [2.45, 2.75) is 37.8 Å². The maximum Gasteiger partial charge on any atom is 0.257 e. The lowest BCUT2D eigenvalue weighted by atomic mass is 9.91. The summed E-state index contributed by atoms with van der Waals surface area (Å²) < 4.78 is 19.2. The fourth-order valence-electron chi connectivity index (χ4n) is 4.30. The molecule has 0 radical (unpaired) electrons. The summed E-state index contributed by atoms with van der Waals surface area (Å²) in [6.07, 6.45) is 5.07. The average Bonchev–Trinajstić information content (AvgIpc) is 2.88. The van der Waals surface area contributed by atoms with Gasteiger partial charge in [-0.1, -0.05) is 29.8 Å². The molecule has 5 rings (SSSR count). The van der Waals surface area contributed by atoms with Gasteiger partial charge in [-0.25, -0.2) is 14.4 Å². The minimum Gasteiger partial charge on any atom is -0.438 e. The van der Waals surface area contributed by atoms with Gasteiger partial charge in [-0.2, -0.15) is 0 Å². The molecule has 35 heavy (non-hydrogen) atoms. The standard InChI is InChI=1S/C27H24ClFN4O2/c28-22-16-20(12-13-23(22)29)35-27-21(5-3-15-30-27)26(34)32-19-10-8-18(9-11-19)31-25-14-7-17-4-1-2-6-24(17)33-25/h1-7,12-16,18-19H,8-11H2,(H,31,33)(H,32,34). The number of carbonyl (C=O) groups excluding carboxylic acids is 1. The topological polar surface area (TPSA) is 76.1 Å². The number of rotatable bonds is 6. The molecule has 0 unspecified atom stereocenters. The van der Waals surface area contributed by atoms with Crippen molar-refractivity contribution in [3.63, 3.8) is 0 Å². The van der Waals surface area contributed by atoms with Gasteiger partial charge in [0.2, 0.25) is 5.88 Å². The number of amides is 1. The van der Waals surface area contributed by atoms with Crippen molar-refractivity contribution in [2.24, 2.45) is 0 Å². The van der Waals surface area contributed by atoms with Crippen molar-refractivity contribution in [1.29, 1.82) is 0 Å². The van der Waals surface area contributed by atoms with Crippen LogP contribution in [0.1, 0.15) is 36.0 Å². The first kappa shape index (κ1) is 23.1. The average molecular weight is 491 g/mol. The Bertz CT molecular complexity index is 1360. The Morgan fingerprint density at radius 3 is 2.60 bits per heavy atom. The van der Waals surface area contributed by atoms with E-state index in [-0.39, 0.29) is 22.9 Å². The van der Waals surface area contributed by atoms with E-state index in [1.54, 1.807) is 12.1 Å². The Labute approximate surface area is 207 Å². The van der Waals surface area contributed by atoms with Gasteiger partial charge in [0.05, 0.1) is 10.5 Å². The molecule has 4 aromatic rings. The zero-order chi connectivity index (χ0) is 24.2. The summed E-state index contributed by atoms with van der Waals surface area (Å²) in [4.78, 5) is 21.9. The highest BCUT2D eigenvalue weighted by Crippen LogP contribution is 2.28. The molecular weight excluding hydrogens is 467 g/mol. The highest BCUT2D eigenvalue weighted by molar-refractivity contribution is 6.30. The number of aromatic nitrogens is 2. The second-order valence-corrected chi connectivity index (χ2v) is 9.00. The molecule has 1 amide bonds. The van der Waals surface area contributed by atoms with Crippen molar-refractivity contribution in [3.05, 3.63) is 89.3 Å². The number of hydrogen-bond acceptors (Lipinski definition) is 5. The SMILES string of the molecule is O=C(NC1CCC(Nc2ccc3ccccc3n2)CC1)c1cccnc1Oc1ccc(F)c(Cl)c1. The summed E-state index contributed by atoms with van der Waals surface area (Å²) >= 11 is 5.84. The largest absolute Gasteiger partial charge is 0.438 e. The summed E-state index contributed by atoms with van der Waals surface area (Å²) in [6, 6.07) is 19.8. The Kier molecular flexibility index (Phi) is 6.77. The highest BCUT2D eigenvalue weighted by atomic mass is 35.5. The Hall–Kier alpha value is -3.71. The van der Waals surface area contributed by atoms with E-state index in [1.807, 2.05) is 30.3 Å². The van der Waals surface area contributed by atoms with Crippen molar-refractivity contribution >= 4 is 34.2 Å². The molecule has 0 saturated heterocycles. The van der Waals surface area contributed by atoms with Crippen molar-refractivity contribution in [2.75, 3.05) is 5.32 Å². The number of pyridine rings is 2. The molecule has 1 saturated carbocycles. The first-order chi connectivity index (χ1) is 17.0. The molecule has 1 aliphatic rings. The summed E-state index contributed by atoms with van der Waals surface area (Å²) in [5.41, 5.74) is 1.28. The zero-order valence-electron chi connectivity index (χ0n) is 18.9. The quantitative estimate of drug-likeness (QED) is 0.328. The number of anilines is 1. The molecule has 2 heterocycles. The van der Waals surface area contributed by atoms with Crippen LogP contribution in [0.3, 0.4) is 0 Å². The smallest absolute Gasteiger partial charge is 0.257 e. The molecular formula is C27H24ClFN4O2.